The number of aliphatic hydroxyl groups is 1. The normalized spacial score (nSPS) is 26.2. The maximum absolute atomic E-state index is 12.8. The molecule has 1 saturated carbocycles. The van der Waals surface area contributed by atoms with Gasteiger partial charge in [0.05, 0.1) is 36.4 Å². The summed E-state index contributed by atoms with van der Waals surface area (Å²) in [4.78, 5) is 19.8. The SMILES string of the molecule is CC(C)c1nc2ccccc2n1CC(=O)N[C@@H]1CC[C@@H](N2CCOCC2)[C@@H]1O. The van der Waals surface area contributed by atoms with E-state index >= 15 is 0 Å². The number of benzene rings is 1. The molecular weight excluding hydrogens is 356 g/mol. The summed E-state index contributed by atoms with van der Waals surface area (Å²) in [6.45, 7) is 7.52. The van der Waals surface area contributed by atoms with Gasteiger partial charge in [-0.25, -0.2) is 4.98 Å². The number of hydrogen-bond donors (Lipinski definition) is 2. The largest absolute Gasteiger partial charge is 0.389 e. The molecule has 1 aromatic carbocycles. The van der Waals surface area contributed by atoms with Crippen LogP contribution in [0.3, 0.4) is 0 Å². The first-order chi connectivity index (χ1) is 13.5. The number of carbonyl (C=O) groups excluding carboxylic acids is 1. The zero-order chi connectivity index (χ0) is 19.7. The lowest BCUT2D eigenvalue weighted by molar-refractivity contribution is -0.123. The minimum Gasteiger partial charge on any atom is -0.389 e. The van der Waals surface area contributed by atoms with Gasteiger partial charge >= 0.3 is 0 Å². The number of morpholine rings is 1. The Morgan fingerprint density at radius 2 is 2.04 bits per heavy atom. The molecule has 2 N–H and O–H groups in total. The number of imidazole rings is 1. The molecule has 0 spiro atoms. The molecule has 4 rings (SSSR count). The number of aromatic nitrogens is 2. The molecular formula is C21H30N4O3. The number of aliphatic hydroxyl groups excluding tert-OH is 1. The van der Waals surface area contributed by atoms with Gasteiger partial charge in [-0.1, -0.05) is 26.0 Å². The first-order valence-electron chi connectivity index (χ1n) is 10.3. The molecule has 2 aliphatic rings. The van der Waals surface area contributed by atoms with E-state index in [2.05, 4.69) is 24.1 Å². The Kier molecular flexibility index (Phi) is 5.66. The van der Waals surface area contributed by atoms with Crippen molar-refractivity contribution in [2.75, 3.05) is 26.3 Å². The maximum atomic E-state index is 12.8. The minimum absolute atomic E-state index is 0.0725. The van der Waals surface area contributed by atoms with Crippen LogP contribution in [0, 0.1) is 0 Å². The lowest BCUT2D eigenvalue weighted by Gasteiger charge is -2.34. The first-order valence-corrected chi connectivity index (χ1v) is 10.3. The smallest absolute Gasteiger partial charge is 0.240 e. The van der Waals surface area contributed by atoms with Crippen molar-refractivity contribution in [1.82, 2.24) is 19.8 Å². The number of rotatable bonds is 5. The second kappa shape index (κ2) is 8.19. The van der Waals surface area contributed by atoms with Crippen LogP contribution in [-0.4, -0.2) is 70.0 Å². The molecule has 28 heavy (non-hydrogen) atoms. The Morgan fingerprint density at radius 1 is 1.29 bits per heavy atom. The summed E-state index contributed by atoms with van der Waals surface area (Å²) in [5.74, 6) is 1.06. The van der Waals surface area contributed by atoms with Gasteiger partial charge < -0.3 is 19.7 Å². The summed E-state index contributed by atoms with van der Waals surface area (Å²) in [6.07, 6.45) is 1.17. The molecule has 1 aliphatic heterocycles. The molecule has 1 aromatic heterocycles. The number of hydrogen-bond acceptors (Lipinski definition) is 5. The standard InChI is InChI=1S/C21H30N4O3/c1-14(2)21-23-15-5-3-4-6-17(15)25(21)13-19(26)22-16-7-8-18(20(16)27)24-9-11-28-12-10-24/h3-6,14,16,18,20,27H,7-13H2,1-2H3,(H,22,26)/t16-,18-,20-/m1/s1. The van der Waals surface area contributed by atoms with Crippen LogP contribution in [-0.2, 0) is 16.1 Å². The zero-order valence-electron chi connectivity index (χ0n) is 16.7. The second-order valence-electron chi connectivity index (χ2n) is 8.16. The van der Waals surface area contributed by atoms with Crippen LogP contribution in [0.4, 0.5) is 0 Å². The second-order valence-corrected chi connectivity index (χ2v) is 8.16. The van der Waals surface area contributed by atoms with Crippen molar-refractivity contribution in [2.45, 2.75) is 57.3 Å². The Hall–Kier alpha value is -1.96. The highest BCUT2D eigenvalue weighted by Crippen LogP contribution is 2.26. The molecule has 1 amide bonds. The van der Waals surface area contributed by atoms with Gasteiger partial charge in [-0.05, 0) is 25.0 Å². The number of nitrogens with zero attached hydrogens (tertiary/aromatic N) is 3. The fourth-order valence-corrected chi connectivity index (χ4v) is 4.52. The van der Waals surface area contributed by atoms with Crippen LogP contribution in [0.15, 0.2) is 24.3 Å². The van der Waals surface area contributed by atoms with Crippen molar-refractivity contribution >= 4 is 16.9 Å². The van der Waals surface area contributed by atoms with E-state index in [-0.39, 0.29) is 30.5 Å². The zero-order valence-corrected chi connectivity index (χ0v) is 16.7. The Morgan fingerprint density at radius 3 is 2.79 bits per heavy atom. The molecule has 0 radical (unpaired) electrons. The van der Waals surface area contributed by atoms with E-state index in [0.29, 0.717) is 13.2 Å². The topological polar surface area (TPSA) is 79.6 Å². The molecule has 2 heterocycles. The van der Waals surface area contributed by atoms with E-state index in [1.165, 1.54) is 0 Å². The van der Waals surface area contributed by atoms with Crippen LogP contribution >= 0.6 is 0 Å². The summed E-state index contributed by atoms with van der Waals surface area (Å²) >= 11 is 0. The lowest BCUT2D eigenvalue weighted by Crippen LogP contribution is -2.51. The monoisotopic (exact) mass is 386 g/mol. The van der Waals surface area contributed by atoms with E-state index in [1.807, 2.05) is 28.8 Å². The Labute approximate surface area is 165 Å². The lowest BCUT2D eigenvalue weighted by atomic mass is 10.1. The van der Waals surface area contributed by atoms with Crippen molar-refractivity contribution in [2.24, 2.45) is 0 Å². The summed E-state index contributed by atoms with van der Waals surface area (Å²) in [7, 11) is 0. The van der Waals surface area contributed by atoms with Gasteiger partial charge in [-0.3, -0.25) is 9.69 Å². The quantitative estimate of drug-likeness (QED) is 0.814. The van der Waals surface area contributed by atoms with Crippen molar-refractivity contribution in [1.29, 1.82) is 0 Å². The number of para-hydroxylation sites is 2. The third-order valence-corrected chi connectivity index (χ3v) is 5.94. The van der Waals surface area contributed by atoms with Crippen LogP contribution in [0.1, 0.15) is 38.4 Å². The van der Waals surface area contributed by atoms with Crippen molar-refractivity contribution in [3.8, 4) is 0 Å². The molecule has 7 nitrogen and oxygen atoms in total. The average molecular weight is 386 g/mol. The summed E-state index contributed by atoms with van der Waals surface area (Å²) < 4.78 is 7.40. The van der Waals surface area contributed by atoms with Crippen LogP contribution < -0.4 is 5.32 Å². The predicted molar refractivity (Wildman–Crippen MR) is 107 cm³/mol. The number of fused-ring (bicyclic) bond motifs is 1. The van der Waals surface area contributed by atoms with Gasteiger partial charge in [-0.2, -0.15) is 0 Å². The van der Waals surface area contributed by atoms with Gasteiger partial charge in [0, 0.05) is 25.0 Å². The molecule has 1 aliphatic carbocycles. The van der Waals surface area contributed by atoms with Crippen LogP contribution in [0.25, 0.3) is 11.0 Å². The first kappa shape index (κ1) is 19.4. The molecule has 1 saturated heterocycles. The highest BCUT2D eigenvalue weighted by molar-refractivity contribution is 5.81. The van der Waals surface area contributed by atoms with E-state index in [0.717, 1.165) is 42.8 Å². The van der Waals surface area contributed by atoms with Gasteiger partial charge in [0.15, 0.2) is 0 Å². The fraction of sp³-hybridized carbons (Fsp3) is 0.619. The van der Waals surface area contributed by atoms with E-state index < -0.39 is 6.10 Å². The van der Waals surface area contributed by atoms with E-state index in [9.17, 15) is 9.90 Å². The number of carbonyl (C=O) groups is 1. The molecule has 2 fully saturated rings. The molecule has 0 unspecified atom stereocenters. The molecule has 0 bridgehead atoms. The van der Waals surface area contributed by atoms with Crippen molar-refractivity contribution < 1.29 is 14.6 Å². The van der Waals surface area contributed by atoms with Gasteiger partial charge in [0.2, 0.25) is 5.91 Å². The summed E-state index contributed by atoms with van der Waals surface area (Å²) in [5.41, 5.74) is 1.88. The number of ether oxygens (including phenoxy) is 1. The summed E-state index contributed by atoms with van der Waals surface area (Å²) in [6, 6.07) is 7.82. The highest BCUT2D eigenvalue weighted by Gasteiger charge is 2.39. The summed E-state index contributed by atoms with van der Waals surface area (Å²) in [5, 5.41) is 13.8. The van der Waals surface area contributed by atoms with E-state index in [4.69, 9.17) is 9.72 Å². The van der Waals surface area contributed by atoms with E-state index in [1.54, 1.807) is 0 Å². The van der Waals surface area contributed by atoms with Gasteiger partial charge in [0.25, 0.3) is 0 Å². The minimum atomic E-state index is -0.536. The predicted octanol–water partition coefficient (Wildman–Crippen LogP) is 1.50. The van der Waals surface area contributed by atoms with Crippen molar-refractivity contribution in [3.63, 3.8) is 0 Å². The molecule has 3 atom stereocenters. The third-order valence-electron chi connectivity index (χ3n) is 5.94. The fourth-order valence-electron chi connectivity index (χ4n) is 4.52. The third kappa shape index (κ3) is 3.79. The number of amides is 1. The molecule has 7 heteroatoms. The van der Waals surface area contributed by atoms with Crippen LogP contribution in [0.2, 0.25) is 0 Å². The average Bonchev–Trinajstić information content (AvgIpc) is 3.24. The van der Waals surface area contributed by atoms with Gasteiger partial charge in [0.1, 0.15) is 12.4 Å². The maximum Gasteiger partial charge on any atom is 0.240 e. The number of nitrogens with one attached hydrogen (secondary N) is 1. The van der Waals surface area contributed by atoms with Crippen LogP contribution in [0.5, 0.6) is 0 Å². The van der Waals surface area contributed by atoms with Crippen molar-refractivity contribution in [3.05, 3.63) is 30.1 Å². The highest BCUT2D eigenvalue weighted by atomic mass is 16.5. The molecule has 152 valence electrons. The Bertz CT molecular complexity index is 828. The Balaban J connectivity index is 1.44. The molecule has 2 aromatic rings. The van der Waals surface area contributed by atoms with Gasteiger partial charge in [-0.15, -0.1) is 0 Å².